The van der Waals surface area contributed by atoms with E-state index in [0.29, 0.717) is 29.9 Å². The van der Waals surface area contributed by atoms with Gasteiger partial charge in [-0.3, -0.25) is 9.59 Å². The molecule has 0 spiro atoms. The van der Waals surface area contributed by atoms with Crippen molar-refractivity contribution in [1.29, 1.82) is 0 Å². The van der Waals surface area contributed by atoms with Crippen LogP contribution in [0.3, 0.4) is 0 Å². The Labute approximate surface area is 226 Å². The van der Waals surface area contributed by atoms with Gasteiger partial charge in [0.25, 0.3) is 0 Å². The zero-order valence-electron chi connectivity index (χ0n) is 23.1. The third kappa shape index (κ3) is 11.1. The van der Waals surface area contributed by atoms with E-state index in [0.717, 1.165) is 22.4 Å². The predicted molar refractivity (Wildman–Crippen MR) is 157 cm³/mol. The smallest absolute Gasteiger partial charge is 0.341 e. The van der Waals surface area contributed by atoms with Crippen molar-refractivity contribution in [1.82, 2.24) is 0 Å². The highest BCUT2D eigenvalue weighted by molar-refractivity contribution is 6.22. The molecule has 0 atom stereocenters. The number of aliphatic carboxylic acids is 1. The molecule has 2 rings (SSSR count). The van der Waals surface area contributed by atoms with Crippen molar-refractivity contribution < 1.29 is 24.2 Å². The van der Waals surface area contributed by atoms with E-state index in [-0.39, 0.29) is 12.2 Å². The molecule has 0 aliphatic heterocycles. The highest BCUT2D eigenvalue weighted by Crippen LogP contribution is 2.37. The van der Waals surface area contributed by atoms with Crippen molar-refractivity contribution in [2.75, 3.05) is 25.1 Å². The quantitative estimate of drug-likeness (QED) is 0.165. The van der Waals surface area contributed by atoms with Crippen molar-refractivity contribution in [2.45, 2.75) is 34.1 Å². The minimum absolute atomic E-state index is 0.104. The molecule has 2 aromatic carbocycles. The van der Waals surface area contributed by atoms with Crippen molar-refractivity contribution in [2.24, 2.45) is 5.73 Å². The number of carboxylic acid groups (broad SMARTS) is 1. The van der Waals surface area contributed by atoms with Gasteiger partial charge in [-0.2, -0.15) is 0 Å². The summed E-state index contributed by atoms with van der Waals surface area (Å²) in [7, 11) is 1.94. The number of hydrogen-bond donors (Lipinski definition) is 2. The molecule has 0 heterocycles. The Morgan fingerprint density at radius 2 is 1.68 bits per heavy atom. The van der Waals surface area contributed by atoms with Gasteiger partial charge < -0.3 is 20.5 Å². The first-order valence-corrected chi connectivity index (χ1v) is 12.2. The zero-order valence-corrected chi connectivity index (χ0v) is 23.1. The van der Waals surface area contributed by atoms with Crippen LogP contribution in [0.25, 0.3) is 11.1 Å². The number of amides is 1. The number of anilines is 1. The van der Waals surface area contributed by atoms with Gasteiger partial charge in [-0.1, -0.05) is 68.1 Å². The first kappa shape index (κ1) is 33.6. The number of likely N-dealkylation sites (N-methyl/N-ethyl adjacent to an activating group) is 1. The largest absolute Gasteiger partial charge is 0.481 e. The zero-order chi connectivity index (χ0) is 29.1. The summed E-state index contributed by atoms with van der Waals surface area (Å²) in [5, 5.41) is 9.08. The van der Waals surface area contributed by atoms with Crippen LogP contribution in [0.1, 0.15) is 45.2 Å². The molecule has 0 bridgehead atoms. The fourth-order valence-electron chi connectivity index (χ4n) is 3.52. The Balaban J connectivity index is 0.00000208. The number of carbonyl (C=O) groups excluding carboxylic acids is 2. The maximum atomic E-state index is 12.5. The summed E-state index contributed by atoms with van der Waals surface area (Å²) in [5.41, 5.74) is 9.08. The van der Waals surface area contributed by atoms with Crippen molar-refractivity contribution in [3.63, 3.8) is 0 Å². The number of carbonyl (C=O) groups is 3. The predicted octanol–water partition coefficient (Wildman–Crippen LogP) is 5.92. The summed E-state index contributed by atoms with van der Waals surface area (Å²) in [6.07, 6.45) is 6.54. The van der Waals surface area contributed by atoms with Gasteiger partial charge in [-0.25, -0.2) is 4.79 Å². The SMILES string of the molecule is C=C(/C(=C\C)CN(C)c1cccc(OCC(=O)O)c1/C(=C/CC)C(C)=O)c1ccccc1.C=CC.NC=O. The molecule has 0 radical (unpaired) electrons. The van der Waals surface area contributed by atoms with Gasteiger partial charge in [0.1, 0.15) is 5.75 Å². The third-order valence-electron chi connectivity index (χ3n) is 5.09. The maximum Gasteiger partial charge on any atom is 0.341 e. The first-order valence-electron chi connectivity index (χ1n) is 12.2. The van der Waals surface area contributed by atoms with Crippen LogP contribution in [-0.2, 0) is 14.4 Å². The molecule has 0 aliphatic rings. The van der Waals surface area contributed by atoms with E-state index in [9.17, 15) is 9.59 Å². The molecule has 38 heavy (non-hydrogen) atoms. The summed E-state index contributed by atoms with van der Waals surface area (Å²) >= 11 is 0. The Bertz CT molecular complexity index is 1130. The van der Waals surface area contributed by atoms with Crippen LogP contribution in [0.4, 0.5) is 5.69 Å². The highest BCUT2D eigenvalue weighted by Gasteiger charge is 2.21. The van der Waals surface area contributed by atoms with Crippen LogP contribution in [0.5, 0.6) is 5.75 Å². The van der Waals surface area contributed by atoms with E-state index in [1.165, 1.54) is 6.92 Å². The second kappa shape index (κ2) is 18.8. The lowest BCUT2D eigenvalue weighted by Gasteiger charge is -2.26. The molecule has 2 aromatic rings. The second-order valence-corrected chi connectivity index (χ2v) is 7.97. The molecule has 0 fully saturated rings. The summed E-state index contributed by atoms with van der Waals surface area (Å²) < 4.78 is 5.56. The molecule has 0 saturated carbocycles. The number of rotatable bonds is 11. The van der Waals surface area contributed by atoms with Crippen LogP contribution in [0.2, 0.25) is 0 Å². The van der Waals surface area contributed by atoms with Crippen LogP contribution in [-0.4, -0.2) is 43.5 Å². The van der Waals surface area contributed by atoms with Gasteiger partial charge in [0, 0.05) is 24.9 Å². The summed E-state index contributed by atoms with van der Waals surface area (Å²) in [6, 6.07) is 15.4. The van der Waals surface area contributed by atoms with Crippen LogP contribution >= 0.6 is 0 Å². The van der Waals surface area contributed by atoms with Gasteiger partial charge in [0.2, 0.25) is 6.41 Å². The lowest BCUT2D eigenvalue weighted by atomic mass is 9.96. The van der Waals surface area contributed by atoms with Crippen molar-refractivity contribution in [3.8, 4) is 5.75 Å². The highest BCUT2D eigenvalue weighted by atomic mass is 16.5. The van der Waals surface area contributed by atoms with E-state index >= 15 is 0 Å². The first-order chi connectivity index (χ1) is 18.1. The van der Waals surface area contributed by atoms with Gasteiger partial charge in [-0.05, 0) is 56.0 Å². The number of carboxylic acids is 1. The van der Waals surface area contributed by atoms with Crippen molar-refractivity contribution >= 4 is 35.0 Å². The van der Waals surface area contributed by atoms with E-state index in [2.05, 4.69) is 18.9 Å². The monoisotopic (exact) mass is 520 g/mol. The number of benzene rings is 2. The summed E-state index contributed by atoms with van der Waals surface area (Å²) in [6.45, 7) is 15.0. The minimum Gasteiger partial charge on any atom is -0.481 e. The number of primary amides is 1. The molecule has 0 unspecified atom stereocenters. The number of allylic oxidation sites excluding steroid dienone is 4. The van der Waals surface area contributed by atoms with Gasteiger partial charge in [-0.15, -0.1) is 6.58 Å². The third-order valence-corrected chi connectivity index (χ3v) is 5.09. The molecule has 7 heteroatoms. The number of Topliss-reactive ketones (excluding diaryl/α,β-unsaturated/α-hetero) is 1. The minimum atomic E-state index is -1.08. The molecule has 0 aromatic heterocycles. The standard InChI is InChI=1S/C27H31NO4.C3H6.CH3NO/c1-6-12-23(20(4)29)27-24(15-11-16-25(27)32-18-26(30)31)28(5)17-21(7-2)19(3)22-13-9-8-10-14-22;1-3-2;2-1-3/h7-16H,3,6,17-18H2,1-2,4-5H3,(H,30,31);3H,1H2,2H3;1H,(H2,2,3)/b21-7-,23-12+;;. The van der Waals surface area contributed by atoms with E-state index in [1.54, 1.807) is 18.2 Å². The maximum absolute atomic E-state index is 12.5. The Morgan fingerprint density at radius 3 is 2.16 bits per heavy atom. The normalized spacial score (nSPS) is 10.6. The van der Waals surface area contributed by atoms with E-state index in [1.807, 2.05) is 81.3 Å². The molecule has 204 valence electrons. The lowest BCUT2D eigenvalue weighted by Crippen LogP contribution is -2.23. The second-order valence-electron chi connectivity index (χ2n) is 7.97. The summed E-state index contributed by atoms with van der Waals surface area (Å²) in [4.78, 5) is 34.2. The number of nitrogens with two attached hydrogens (primary N) is 1. The Kier molecular flexibility index (Phi) is 16.6. The van der Waals surface area contributed by atoms with Gasteiger partial charge in [0.05, 0.1) is 5.56 Å². The van der Waals surface area contributed by atoms with Crippen LogP contribution < -0.4 is 15.4 Å². The van der Waals surface area contributed by atoms with E-state index < -0.39 is 12.6 Å². The Morgan fingerprint density at radius 1 is 1.11 bits per heavy atom. The Hall–Kier alpha value is -4.39. The van der Waals surface area contributed by atoms with Crippen LogP contribution in [0.15, 0.2) is 85.5 Å². The number of nitrogens with zero attached hydrogens (tertiary/aromatic N) is 1. The average molecular weight is 521 g/mol. The molecule has 0 saturated heterocycles. The fourth-order valence-corrected chi connectivity index (χ4v) is 3.52. The molecule has 3 N–H and O–H groups in total. The fraction of sp³-hybridized carbons (Fsp3) is 0.258. The molecular weight excluding hydrogens is 480 g/mol. The molecule has 1 amide bonds. The topological polar surface area (TPSA) is 110 Å². The van der Waals surface area contributed by atoms with Crippen molar-refractivity contribution in [3.05, 3.63) is 96.6 Å². The number of ether oxygens (including phenoxy) is 1. The molecular formula is C31H40N2O5. The van der Waals surface area contributed by atoms with Gasteiger partial charge in [0.15, 0.2) is 12.4 Å². The lowest BCUT2D eigenvalue weighted by molar-refractivity contribution is -0.139. The molecule has 7 nitrogen and oxygen atoms in total. The average Bonchev–Trinajstić information content (AvgIpc) is 2.89. The van der Waals surface area contributed by atoms with E-state index in [4.69, 9.17) is 14.6 Å². The number of ketones is 1. The van der Waals surface area contributed by atoms with Gasteiger partial charge >= 0.3 is 5.97 Å². The summed E-state index contributed by atoms with van der Waals surface area (Å²) in [5.74, 6) is -0.808. The molecule has 0 aliphatic carbocycles. The van der Waals surface area contributed by atoms with Crippen LogP contribution in [0, 0.1) is 0 Å². The number of hydrogen-bond acceptors (Lipinski definition) is 5.